The van der Waals surface area contributed by atoms with Gasteiger partial charge in [0.1, 0.15) is 5.75 Å². The van der Waals surface area contributed by atoms with Gasteiger partial charge in [-0.05, 0) is 36.1 Å². The molecule has 136 valence electrons. The van der Waals surface area contributed by atoms with Gasteiger partial charge in [0.2, 0.25) is 0 Å². The largest absolute Gasteiger partial charge is 0.484 e. The van der Waals surface area contributed by atoms with Gasteiger partial charge < -0.3 is 9.64 Å². The lowest BCUT2D eigenvalue weighted by Gasteiger charge is -2.28. The van der Waals surface area contributed by atoms with Gasteiger partial charge in [-0.25, -0.2) is 8.42 Å². The van der Waals surface area contributed by atoms with Crippen LogP contribution in [0.15, 0.2) is 41.8 Å². The van der Waals surface area contributed by atoms with Crippen LogP contribution in [0.4, 0.5) is 0 Å². The average molecular weight is 390 g/mol. The van der Waals surface area contributed by atoms with Crippen molar-refractivity contribution in [2.45, 2.75) is 19.0 Å². The number of amides is 1. The van der Waals surface area contributed by atoms with Gasteiger partial charge in [-0.2, -0.15) is 5.26 Å². The fourth-order valence-electron chi connectivity index (χ4n) is 2.90. The van der Waals surface area contributed by atoms with Crippen LogP contribution in [0, 0.1) is 11.3 Å². The lowest BCUT2D eigenvalue weighted by molar-refractivity contribution is -0.135. The molecule has 1 saturated heterocycles. The van der Waals surface area contributed by atoms with E-state index in [1.54, 1.807) is 29.2 Å². The van der Waals surface area contributed by atoms with Crippen molar-refractivity contribution in [2.75, 3.05) is 18.1 Å². The molecule has 1 aliphatic heterocycles. The molecule has 1 atom stereocenters. The Labute approximate surface area is 156 Å². The maximum atomic E-state index is 12.7. The first-order valence-corrected chi connectivity index (χ1v) is 10.8. The van der Waals surface area contributed by atoms with Crippen LogP contribution in [-0.4, -0.2) is 43.4 Å². The van der Waals surface area contributed by atoms with Crippen molar-refractivity contribution in [3.05, 3.63) is 52.2 Å². The summed E-state index contributed by atoms with van der Waals surface area (Å²) in [4.78, 5) is 15.3. The molecule has 1 fully saturated rings. The summed E-state index contributed by atoms with van der Waals surface area (Å²) < 4.78 is 29.2. The van der Waals surface area contributed by atoms with Crippen molar-refractivity contribution < 1.29 is 17.9 Å². The molecule has 1 aromatic heterocycles. The summed E-state index contributed by atoms with van der Waals surface area (Å²) in [5.41, 5.74) is 0.451. The number of nitrogens with zero attached hydrogens (tertiary/aromatic N) is 2. The van der Waals surface area contributed by atoms with E-state index in [4.69, 9.17) is 10.00 Å². The molecule has 8 heteroatoms. The minimum absolute atomic E-state index is 0.00592. The minimum Gasteiger partial charge on any atom is -0.484 e. The minimum atomic E-state index is -3.10. The average Bonchev–Trinajstić information content (AvgIpc) is 3.27. The second-order valence-corrected chi connectivity index (χ2v) is 9.35. The molecular formula is C18H18N2O4S2. The van der Waals surface area contributed by atoms with Gasteiger partial charge in [-0.1, -0.05) is 12.1 Å². The van der Waals surface area contributed by atoms with E-state index in [9.17, 15) is 13.2 Å². The molecule has 0 bridgehead atoms. The topological polar surface area (TPSA) is 87.5 Å². The smallest absolute Gasteiger partial charge is 0.261 e. The van der Waals surface area contributed by atoms with Gasteiger partial charge in [0, 0.05) is 10.9 Å². The van der Waals surface area contributed by atoms with Crippen molar-refractivity contribution >= 4 is 27.1 Å². The normalized spacial score (nSPS) is 18.2. The van der Waals surface area contributed by atoms with E-state index in [2.05, 4.69) is 0 Å². The molecule has 0 radical (unpaired) electrons. The van der Waals surface area contributed by atoms with Gasteiger partial charge >= 0.3 is 0 Å². The molecule has 1 amide bonds. The molecule has 0 spiro atoms. The van der Waals surface area contributed by atoms with Gasteiger partial charge in [-0.3, -0.25) is 4.79 Å². The number of thiophene rings is 1. The van der Waals surface area contributed by atoms with Crippen LogP contribution in [0.3, 0.4) is 0 Å². The molecule has 2 aromatic rings. The first kappa shape index (κ1) is 18.4. The van der Waals surface area contributed by atoms with Crippen molar-refractivity contribution in [1.29, 1.82) is 5.26 Å². The van der Waals surface area contributed by atoms with Gasteiger partial charge in [0.15, 0.2) is 16.4 Å². The number of sulfone groups is 1. The highest BCUT2D eigenvalue weighted by Crippen LogP contribution is 2.22. The first-order valence-electron chi connectivity index (χ1n) is 8.12. The highest BCUT2D eigenvalue weighted by molar-refractivity contribution is 7.91. The Bertz CT molecular complexity index is 917. The summed E-state index contributed by atoms with van der Waals surface area (Å²) in [6.45, 7) is 0.176. The van der Waals surface area contributed by atoms with Gasteiger partial charge in [-0.15, -0.1) is 11.3 Å². The Morgan fingerprint density at radius 1 is 1.35 bits per heavy atom. The molecule has 1 aromatic carbocycles. The Morgan fingerprint density at radius 2 is 2.19 bits per heavy atom. The number of nitriles is 1. The van der Waals surface area contributed by atoms with E-state index >= 15 is 0 Å². The number of carbonyl (C=O) groups excluding carboxylic acids is 1. The molecule has 1 aliphatic rings. The maximum absolute atomic E-state index is 12.7. The van der Waals surface area contributed by atoms with Crippen LogP contribution in [0.1, 0.15) is 16.9 Å². The van der Waals surface area contributed by atoms with Crippen LogP contribution in [-0.2, 0) is 21.2 Å². The lowest BCUT2D eigenvalue weighted by atomic mass is 10.2. The summed E-state index contributed by atoms with van der Waals surface area (Å²) in [5.74, 6) is 0.278. The van der Waals surface area contributed by atoms with Crippen LogP contribution in [0.5, 0.6) is 5.75 Å². The molecule has 0 aliphatic carbocycles. The van der Waals surface area contributed by atoms with Crippen LogP contribution >= 0.6 is 11.3 Å². The summed E-state index contributed by atoms with van der Waals surface area (Å²) in [6.07, 6.45) is 0.448. The summed E-state index contributed by atoms with van der Waals surface area (Å²) in [6, 6.07) is 12.1. The van der Waals surface area contributed by atoms with E-state index in [0.717, 1.165) is 4.88 Å². The zero-order chi connectivity index (χ0) is 18.6. The fourth-order valence-corrected chi connectivity index (χ4v) is 5.33. The summed E-state index contributed by atoms with van der Waals surface area (Å²) >= 11 is 1.53. The van der Waals surface area contributed by atoms with Crippen molar-refractivity contribution in [2.24, 2.45) is 0 Å². The summed E-state index contributed by atoms with van der Waals surface area (Å²) in [7, 11) is -3.10. The van der Waals surface area contributed by atoms with Crippen molar-refractivity contribution in [3.8, 4) is 11.8 Å². The summed E-state index contributed by atoms with van der Waals surface area (Å²) in [5, 5.41) is 10.9. The van der Waals surface area contributed by atoms with Crippen molar-refractivity contribution in [3.63, 3.8) is 0 Å². The van der Waals surface area contributed by atoms with E-state index in [1.807, 2.05) is 23.6 Å². The quantitative estimate of drug-likeness (QED) is 0.755. The SMILES string of the molecule is N#Cc1cccc(OCC(=O)N(Cc2cccs2)C2CCS(=O)(=O)C2)c1. The second-order valence-electron chi connectivity index (χ2n) is 6.09. The third-order valence-corrected chi connectivity index (χ3v) is 6.81. The zero-order valence-electron chi connectivity index (χ0n) is 14.0. The number of hydrogen-bond donors (Lipinski definition) is 0. The highest BCUT2D eigenvalue weighted by atomic mass is 32.2. The zero-order valence-corrected chi connectivity index (χ0v) is 15.6. The highest BCUT2D eigenvalue weighted by Gasteiger charge is 2.34. The molecule has 26 heavy (non-hydrogen) atoms. The van der Waals surface area contributed by atoms with Crippen LogP contribution in [0.2, 0.25) is 0 Å². The number of benzene rings is 1. The van der Waals surface area contributed by atoms with Gasteiger partial charge in [0.05, 0.1) is 29.7 Å². The van der Waals surface area contributed by atoms with Gasteiger partial charge in [0.25, 0.3) is 5.91 Å². The van der Waals surface area contributed by atoms with Crippen LogP contribution in [0.25, 0.3) is 0 Å². The Hall–Kier alpha value is -2.37. The lowest BCUT2D eigenvalue weighted by Crippen LogP contribution is -2.42. The predicted molar refractivity (Wildman–Crippen MR) is 98.6 cm³/mol. The number of rotatable bonds is 6. The number of ether oxygens (including phenoxy) is 1. The number of hydrogen-bond acceptors (Lipinski definition) is 6. The Morgan fingerprint density at radius 3 is 2.85 bits per heavy atom. The molecule has 6 nitrogen and oxygen atoms in total. The standard InChI is InChI=1S/C18H18N2O4S2/c19-10-14-3-1-4-16(9-14)24-12-18(21)20(11-17-5-2-7-25-17)15-6-8-26(22,23)13-15/h1-5,7,9,15H,6,8,11-13H2. The Kier molecular flexibility index (Phi) is 5.59. The molecule has 0 N–H and O–H groups in total. The van der Waals surface area contributed by atoms with E-state index in [-0.39, 0.29) is 30.1 Å². The molecule has 3 rings (SSSR count). The first-order chi connectivity index (χ1) is 12.5. The second kappa shape index (κ2) is 7.89. The monoisotopic (exact) mass is 390 g/mol. The predicted octanol–water partition coefficient (Wildman–Crippen LogP) is 2.21. The van der Waals surface area contributed by atoms with E-state index < -0.39 is 9.84 Å². The Balaban J connectivity index is 1.71. The maximum Gasteiger partial charge on any atom is 0.261 e. The fraction of sp³-hybridized carbons (Fsp3) is 0.333. The number of carbonyl (C=O) groups is 1. The third-order valence-electron chi connectivity index (χ3n) is 4.20. The molecule has 0 saturated carbocycles. The third kappa shape index (κ3) is 4.62. The molecular weight excluding hydrogens is 372 g/mol. The molecule has 2 heterocycles. The molecule has 1 unspecified atom stereocenters. The van der Waals surface area contributed by atoms with Crippen LogP contribution < -0.4 is 4.74 Å². The van der Waals surface area contributed by atoms with Crippen molar-refractivity contribution in [1.82, 2.24) is 4.90 Å². The van der Waals surface area contributed by atoms with E-state index in [0.29, 0.717) is 24.3 Å². The van der Waals surface area contributed by atoms with E-state index in [1.165, 1.54) is 11.3 Å².